The van der Waals surface area contributed by atoms with Gasteiger partial charge in [0.25, 0.3) is 5.91 Å². The van der Waals surface area contributed by atoms with Crippen LogP contribution in [0.5, 0.6) is 5.75 Å². The van der Waals surface area contributed by atoms with E-state index < -0.39 is 6.61 Å². The minimum absolute atomic E-state index is 0.0623. The number of carbonyl (C=O) groups excluding carboxylic acids is 1. The molecule has 0 saturated heterocycles. The van der Waals surface area contributed by atoms with E-state index in [9.17, 15) is 13.6 Å². The molecule has 0 bridgehead atoms. The van der Waals surface area contributed by atoms with E-state index in [4.69, 9.17) is 4.42 Å². The number of aryl methyl sites for hydroxylation is 1. The number of furan rings is 1. The van der Waals surface area contributed by atoms with Crippen LogP contribution in [0, 0.1) is 6.92 Å². The largest absolute Gasteiger partial charge is 0.467 e. The van der Waals surface area contributed by atoms with Crippen LogP contribution in [-0.2, 0) is 6.54 Å². The van der Waals surface area contributed by atoms with Crippen LogP contribution >= 0.6 is 0 Å². The summed E-state index contributed by atoms with van der Waals surface area (Å²) in [5.74, 6) is 0.205. The Balaban J connectivity index is 1.93. The first-order valence-electron chi connectivity index (χ1n) is 7.99. The number of rotatable bonds is 6. The van der Waals surface area contributed by atoms with Gasteiger partial charge in [-0.2, -0.15) is 8.78 Å². The quantitative estimate of drug-likeness (QED) is 0.621. The first kappa shape index (κ1) is 17.7. The molecule has 0 radical (unpaired) electrons. The molecule has 134 valence electrons. The summed E-state index contributed by atoms with van der Waals surface area (Å²) in [5.41, 5.74) is 1.99. The number of amides is 1. The molecule has 1 amide bonds. The van der Waals surface area contributed by atoms with Crippen molar-refractivity contribution in [3.05, 3.63) is 83.8 Å². The first-order chi connectivity index (χ1) is 12.5. The van der Waals surface area contributed by atoms with E-state index in [2.05, 4.69) is 4.74 Å². The fraction of sp³-hybridized carbons (Fsp3) is 0.150. The number of ether oxygens (including phenoxy) is 1. The molecular weight excluding hydrogens is 340 g/mol. The van der Waals surface area contributed by atoms with E-state index in [0.717, 1.165) is 5.56 Å². The molecule has 26 heavy (non-hydrogen) atoms. The predicted molar refractivity (Wildman–Crippen MR) is 93.5 cm³/mol. The van der Waals surface area contributed by atoms with E-state index in [1.165, 1.54) is 29.4 Å². The molecule has 2 aromatic carbocycles. The number of alkyl halides is 2. The molecule has 0 aliphatic heterocycles. The maximum absolute atomic E-state index is 13.0. The Hall–Kier alpha value is -3.15. The molecular formula is C20H17F2NO3. The van der Waals surface area contributed by atoms with Crippen LogP contribution in [0.3, 0.4) is 0 Å². The highest BCUT2D eigenvalue weighted by molar-refractivity contribution is 6.06. The summed E-state index contributed by atoms with van der Waals surface area (Å²) in [5, 5.41) is 0. The summed E-state index contributed by atoms with van der Waals surface area (Å²) in [7, 11) is 0. The van der Waals surface area contributed by atoms with Crippen LogP contribution in [0.4, 0.5) is 14.5 Å². The van der Waals surface area contributed by atoms with Crippen molar-refractivity contribution < 1.29 is 22.7 Å². The van der Waals surface area contributed by atoms with Gasteiger partial charge in [-0.15, -0.1) is 0 Å². The normalized spacial score (nSPS) is 10.8. The highest BCUT2D eigenvalue weighted by atomic mass is 19.3. The Labute approximate surface area is 149 Å². The average Bonchev–Trinajstić information content (AvgIpc) is 3.13. The van der Waals surface area contributed by atoms with Gasteiger partial charge >= 0.3 is 6.61 Å². The smallest absolute Gasteiger partial charge is 0.387 e. The van der Waals surface area contributed by atoms with Crippen LogP contribution in [-0.4, -0.2) is 12.5 Å². The summed E-state index contributed by atoms with van der Waals surface area (Å²) in [6.07, 6.45) is 1.53. The second kappa shape index (κ2) is 7.82. The number of hydrogen-bond acceptors (Lipinski definition) is 3. The third-order valence-corrected chi connectivity index (χ3v) is 3.79. The van der Waals surface area contributed by atoms with Crippen LogP contribution in [0.2, 0.25) is 0 Å². The van der Waals surface area contributed by atoms with Crippen molar-refractivity contribution in [2.75, 3.05) is 4.90 Å². The first-order valence-corrected chi connectivity index (χ1v) is 7.99. The molecule has 0 saturated carbocycles. The highest BCUT2D eigenvalue weighted by Gasteiger charge is 2.20. The van der Waals surface area contributed by atoms with Crippen molar-refractivity contribution in [3.8, 4) is 5.75 Å². The van der Waals surface area contributed by atoms with Crippen molar-refractivity contribution in [2.24, 2.45) is 0 Å². The SMILES string of the molecule is Cc1ccc(N(Cc2ccco2)C(=O)c2cccc(OC(F)F)c2)cc1. The van der Waals surface area contributed by atoms with E-state index in [1.54, 1.807) is 18.2 Å². The molecule has 4 nitrogen and oxygen atoms in total. The van der Waals surface area contributed by atoms with Crippen molar-refractivity contribution in [1.29, 1.82) is 0 Å². The number of nitrogens with zero attached hydrogens (tertiary/aromatic N) is 1. The molecule has 1 aromatic heterocycles. The molecule has 1 heterocycles. The van der Waals surface area contributed by atoms with Gasteiger partial charge in [-0.05, 0) is 49.4 Å². The van der Waals surface area contributed by atoms with Crippen LogP contribution in [0.1, 0.15) is 21.7 Å². The zero-order valence-electron chi connectivity index (χ0n) is 14.1. The topological polar surface area (TPSA) is 42.7 Å². The van der Waals surface area contributed by atoms with Crippen molar-refractivity contribution in [2.45, 2.75) is 20.1 Å². The van der Waals surface area contributed by atoms with Crippen molar-refractivity contribution in [1.82, 2.24) is 0 Å². The predicted octanol–water partition coefficient (Wildman–Crippen LogP) is 5.04. The average molecular weight is 357 g/mol. The van der Waals surface area contributed by atoms with Gasteiger partial charge in [0.15, 0.2) is 0 Å². The van der Waals surface area contributed by atoms with Crippen molar-refractivity contribution in [3.63, 3.8) is 0 Å². The Kier molecular flexibility index (Phi) is 5.31. The van der Waals surface area contributed by atoms with Gasteiger partial charge in [0, 0.05) is 11.3 Å². The van der Waals surface area contributed by atoms with Gasteiger partial charge in [-0.1, -0.05) is 23.8 Å². The minimum atomic E-state index is -2.95. The zero-order valence-corrected chi connectivity index (χ0v) is 14.1. The third-order valence-electron chi connectivity index (χ3n) is 3.79. The Morgan fingerprint density at radius 1 is 1.12 bits per heavy atom. The lowest BCUT2D eigenvalue weighted by atomic mass is 10.1. The summed E-state index contributed by atoms with van der Waals surface area (Å²) in [6, 6.07) is 16.7. The minimum Gasteiger partial charge on any atom is -0.467 e. The monoisotopic (exact) mass is 357 g/mol. The van der Waals surface area contributed by atoms with Gasteiger partial charge < -0.3 is 14.1 Å². The summed E-state index contributed by atoms with van der Waals surface area (Å²) in [6.45, 7) is -0.778. The summed E-state index contributed by atoms with van der Waals surface area (Å²) in [4.78, 5) is 14.6. The number of hydrogen-bond donors (Lipinski definition) is 0. The summed E-state index contributed by atoms with van der Waals surface area (Å²) < 4.78 is 34.6. The molecule has 0 unspecified atom stereocenters. The molecule has 6 heteroatoms. The van der Waals surface area contributed by atoms with Crippen LogP contribution in [0.15, 0.2) is 71.3 Å². The molecule has 3 aromatic rings. The Morgan fingerprint density at radius 2 is 1.88 bits per heavy atom. The standard InChI is InChI=1S/C20H17F2NO3/c1-14-7-9-16(10-8-14)23(13-18-6-3-11-25-18)19(24)15-4-2-5-17(12-15)26-20(21)22/h2-12,20H,13H2,1H3. The molecule has 0 N–H and O–H groups in total. The number of anilines is 1. The summed E-state index contributed by atoms with van der Waals surface area (Å²) >= 11 is 0. The third kappa shape index (κ3) is 4.27. The second-order valence-electron chi connectivity index (χ2n) is 5.71. The van der Waals surface area contributed by atoms with Gasteiger partial charge in [0.05, 0.1) is 12.8 Å². The lowest BCUT2D eigenvalue weighted by Gasteiger charge is -2.22. The number of carbonyl (C=O) groups is 1. The molecule has 0 atom stereocenters. The lowest BCUT2D eigenvalue weighted by Crippen LogP contribution is -2.30. The molecule has 0 fully saturated rings. The van der Waals surface area contributed by atoms with Gasteiger partial charge in [-0.3, -0.25) is 4.79 Å². The van der Waals surface area contributed by atoms with E-state index in [1.807, 2.05) is 31.2 Å². The Bertz CT molecular complexity index is 861. The molecule has 0 aliphatic rings. The fourth-order valence-electron chi connectivity index (χ4n) is 2.52. The Morgan fingerprint density at radius 3 is 2.54 bits per heavy atom. The fourth-order valence-corrected chi connectivity index (χ4v) is 2.52. The maximum Gasteiger partial charge on any atom is 0.387 e. The highest BCUT2D eigenvalue weighted by Crippen LogP contribution is 2.23. The van der Waals surface area contributed by atoms with Gasteiger partial charge in [0.1, 0.15) is 11.5 Å². The number of halogens is 2. The van der Waals surface area contributed by atoms with Crippen LogP contribution < -0.4 is 9.64 Å². The second-order valence-corrected chi connectivity index (χ2v) is 5.71. The van der Waals surface area contributed by atoms with E-state index in [0.29, 0.717) is 11.4 Å². The zero-order chi connectivity index (χ0) is 18.5. The van der Waals surface area contributed by atoms with Crippen LogP contribution in [0.25, 0.3) is 0 Å². The van der Waals surface area contributed by atoms with Gasteiger partial charge in [0.2, 0.25) is 0 Å². The van der Waals surface area contributed by atoms with Crippen molar-refractivity contribution >= 4 is 11.6 Å². The maximum atomic E-state index is 13.0. The van der Waals surface area contributed by atoms with Gasteiger partial charge in [-0.25, -0.2) is 0 Å². The molecule has 0 spiro atoms. The van der Waals surface area contributed by atoms with E-state index in [-0.39, 0.29) is 23.8 Å². The van der Waals surface area contributed by atoms with E-state index >= 15 is 0 Å². The number of benzene rings is 2. The molecule has 3 rings (SSSR count). The lowest BCUT2D eigenvalue weighted by molar-refractivity contribution is -0.0498. The molecule has 0 aliphatic carbocycles.